The highest BCUT2D eigenvalue weighted by molar-refractivity contribution is 7.22. The second-order valence-electron chi connectivity index (χ2n) is 10.6. The van der Waals surface area contributed by atoms with E-state index in [1.54, 1.807) is 18.3 Å². The molecular weight excluding hydrogens is 518 g/mol. The minimum absolute atomic E-state index is 0.0355. The van der Waals surface area contributed by atoms with Gasteiger partial charge in [-0.25, -0.2) is 9.97 Å². The van der Waals surface area contributed by atoms with E-state index >= 15 is 0 Å². The van der Waals surface area contributed by atoms with Crippen molar-refractivity contribution in [3.63, 3.8) is 0 Å². The Hall–Kier alpha value is -2.84. The minimum atomic E-state index is -0.704. The van der Waals surface area contributed by atoms with Gasteiger partial charge in [0.2, 0.25) is 0 Å². The highest BCUT2D eigenvalue weighted by atomic mass is 35.5. The average Bonchev–Trinajstić information content (AvgIpc) is 3.31. The summed E-state index contributed by atoms with van der Waals surface area (Å²) < 4.78 is 12.9. The van der Waals surface area contributed by atoms with E-state index in [9.17, 15) is 4.79 Å². The van der Waals surface area contributed by atoms with Gasteiger partial charge in [0.1, 0.15) is 16.9 Å². The number of aryl methyl sites for hydroxylation is 1. The number of carbonyl (C=O) groups is 1. The molecule has 1 fully saturated rings. The third kappa shape index (κ3) is 5.61. The van der Waals surface area contributed by atoms with Crippen LogP contribution in [0.5, 0.6) is 0 Å². The van der Waals surface area contributed by atoms with Crippen LogP contribution >= 0.6 is 22.9 Å². The quantitative estimate of drug-likeness (QED) is 0.252. The summed E-state index contributed by atoms with van der Waals surface area (Å²) in [5, 5.41) is 1.56. The zero-order valence-corrected chi connectivity index (χ0v) is 23.9. The largest absolute Gasteiger partial charge is 0.378 e. The normalized spacial score (nSPS) is 15.2. The Morgan fingerprint density at radius 2 is 1.82 bits per heavy atom. The third-order valence-corrected chi connectivity index (χ3v) is 7.88. The number of nitrogens with zero attached hydrogens (tertiary/aromatic N) is 3. The number of thiazole rings is 1. The van der Waals surface area contributed by atoms with E-state index in [2.05, 4.69) is 22.0 Å². The van der Waals surface area contributed by atoms with Gasteiger partial charge in [-0.2, -0.15) is 0 Å². The molecule has 0 spiro atoms. The van der Waals surface area contributed by atoms with E-state index in [0.29, 0.717) is 18.2 Å². The predicted octanol–water partition coefficient (Wildman–Crippen LogP) is 7.27. The fraction of sp³-hybridized carbons (Fsp3) is 0.367. The molecule has 8 heteroatoms. The van der Waals surface area contributed by atoms with Crippen molar-refractivity contribution in [1.82, 2.24) is 9.97 Å². The smallest absolute Gasteiger partial charge is 0.163 e. The summed E-state index contributed by atoms with van der Waals surface area (Å²) >= 11 is 7.86. The number of fused-ring (bicyclic) bond motifs is 1. The maximum atomic E-state index is 13.0. The number of carbonyl (C=O) groups excluding carboxylic acids is 1. The fourth-order valence-electron chi connectivity index (χ4n) is 4.79. The van der Waals surface area contributed by atoms with E-state index in [-0.39, 0.29) is 5.78 Å². The van der Waals surface area contributed by atoms with Gasteiger partial charge in [0, 0.05) is 41.0 Å². The van der Waals surface area contributed by atoms with E-state index in [4.69, 9.17) is 26.1 Å². The standard InChI is InChI=1S/C30H32ClN3O3S/c1-18-16-23-28(38-29(33-23)21-10-11-32-24(17-21)34-12-14-36-15-13-34)26(20-6-8-22(31)9-7-20)25(18)27(19(2)35)37-30(3,4)5/h6-11,16-17,27H,12-15H2,1-5H3/t27-/m1/s1. The molecule has 1 saturated heterocycles. The SMILES string of the molecule is CC(=O)[C@@H](OC(C)(C)C)c1c(C)cc2nc(-c3ccnc(N4CCOCC4)c3)sc2c1-c1ccc(Cl)cc1. The molecule has 38 heavy (non-hydrogen) atoms. The zero-order chi connectivity index (χ0) is 27.0. The maximum Gasteiger partial charge on any atom is 0.163 e. The Morgan fingerprint density at radius 1 is 1.11 bits per heavy atom. The van der Waals surface area contributed by atoms with Crippen LogP contribution in [0.25, 0.3) is 31.9 Å². The van der Waals surface area contributed by atoms with E-state index in [0.717, 1.165) is 61.9 Å². The minimum Gasteiger partial charge on any atom is -0.378 e. The Labute approximate surface area is 232 Å². The second-order valence-corrected chi connectivity index (χ2v) is 12.0. The molecule has 4 aromatic rings. The monoisotopic (exact) mass is 549 g/mol. The van der Waals surface area contributed by atoms with E-state index < -0.39 is 11.7 Å². The molecule has 0 bridgehead atoms. The molecule has 0 unspecified atom stereocenters. The highest BCUT2D eigenvalue weighted by Crippen LogP contribution is 2.44. The summed E-state index contributed by atoms with van der Waals surface area (Å²) in [4.78, 5) is 24.9. The maximum absolute atomic E-state index is 13.0. The Bertz CT molecular complexity index is 1470. The lowest BCUT2D eigenvalue weighted by Crippen LogP contribution is -2.36. The number of anilines is 1. The molecular formula is C30H32ClN3O3S. The topological polar surface area (TPSA) is 64.5 Å². The molecule has 0 aliphatic carbocycles. The van der Waals surface area contributed by atoms with E-state index in [1.165, 1.54) is 0 Å². The van der Waals surface area contributed by atoms with Crippen LogP contribution in [0.4, 0.5) is 5.82 Å². The van der Waals surface area contributed by atoms with E-state index in [1.807, 2.05) is 64.2 Å². The average molecular weight is 550 g/mol. The first-order valence-electron chi connectivity index (χ1n) is 12.8. The molecule has 0 saturated carbocycles. The number of morpholine rings is 1. The number of rotatable bonds is 6. The molecule has 1 aliphatic rings. The van der Waals surface area contributed by atoms with Crippen LogP contribution in [0.2, 0.25) is 5.02 Å². The summed E-state index contributed by atoms with van der Waals surface area (Å²) in [6, 6.07) is 13.9. The number of Topliss-reactive ketones (excluding diaryl/α,β-unsaturated/α-hetero) is 1. The molecule has 0 N–H and O–H groups in total. The first-order valence-corrected chi connectivity index (χ1v) is 14.0. The van der Waals surface area contributed by atoms with Crippen LogP contribution in [-0.2, 0) is 14.3 Å². The second kappa shape index (κ2) is 10.7. The van der Waals surface area contributed by atoms with Crippen LogP contribution in [-0.4, -0.2) is 47.7 Å². The van der Waals surface area contributed by atoms with Crippen LogP contribution in [0.15, 0.2) is 48.7 Å². The van der Waals surface area contributed by atoms with Gasteiger partial charge >= 0.3 is 0 Å². The molecule has 2 aromatic heterocycles. The van der Waals surface area contributed by atoms with Gasteiger partial charge < -0.3 is 14.4 Å². The van der Waals surface area contributed by atoms with Gasteiger partial charge in [0.25, 0.3) is 0 Å². The zero-order valence-electron chi connectivity index (χ0n) is 22.4. The van der Waals surface area contributed by atoms with Crippen molar-refractivity contribution < 1.29 is 14.3 Å². The third-order valence-electron chi connectivity index (χ3n) is 6.49. The lowest BCUT2D eigenvalue weighted by molar-refractivity contribution is -0.138. The number of benzene rings is 2. The Kier molecular flexibility index (Phi) is 7.56. The predicted molar refractivity (Wildman–Crippen MR) is 155 cm³/mol. The summed E-state index contributed by atoms with van der Waals surface area (Å²) in [7, 11) is 0. The Balaban J connectivity index is 1.70. The summed E-state index contributed by atoms with van der Waals surface area (Å²) in [6.07, 6.45) is 1.14. The molecule has 3 heterocycles. The van der Waals surface area contributed by atoms with Crippen molar-refractivity contribution >= 4 is 44.8 Å². The summed E-state index contributed by atoms with van der Waals surface area (Å²) in [5.74, 6) is 0.890. The molecule has 1 aliphatic heterocycles. The molecule has 6 nitrogen and oxygen atoms in total. The number of ketones is 1. The van der Waals surface area contributed by atoms with Gasteiger partial charge in [0.15, 0.2) is 5.78 Å². The number of hydrogen-bond acceptors (Lipinski definition) is 7. The van der Waals surface area contributed by atoms with Gasteiger partial charge in [-0.3, -0.25) is 4.79 Å². The molecule has 1 atom stereocenters. The Morgan fingerprint density at radius 3 is 2.47 bits per heavy atom. The van der Waals surface area contributed by atoms with Crippen molar-refractivity contribution in [2.45, 2.75) is 46.3 Å². The number of pyridine rings is 1. The van der Waals surface area contributed by atoms with Crippen molar-refractivity contribution in [3.05, 3.63) is 64.8 Å². The molecule has 198 valence electrons. The lowest BCUT2D eigenvalue weighted by atomic mass is 9.90. The van der Waals surface area contributed by atoms with Crippen molar-refractivity contribution in [1.29, 1.82) is 0 Å². The first-order chi connectivity index (χ1) is 18.1. The van der Waals surface area contributed by atoms with Gasteiger partial charge in [-0.05, 0) is 76.1 Å². The van der Waals surface area contributed by atoms with Gasteiger partial charge in [-0.15, -0.1) is 11.3 Å². The van der Waals surface area contributed by atoms with Crippen LogP contribution in [0.3, 0.4) is 0 Å². The van der Waals surface area contributed by atoms with Crippen LogP contribution in [0.1, 0.15) is 44.9 Å². The van der Waals surface area contributed by atoms with Crippen molar-refractivity contribution in [2.75, 3.05) is 31.2 Å². The van der Waals surface area contributed by atoms with Gasteiger partial charge in [-0.1, -0.05) is 23.7 Å². The van der Waals surface area contributed by atoms with Crippen LogP contribution in [0, 0.1) is 6.92 Å². The summed E-state index contributed by atoms with van der Waals surface area (Å²) in [5.41, 5.74) is 5.18. The number of halogens is 1. The summed E-state index contributed by atoms with van der Waals surface area (Å²) in [6.45, 7) is 12.6. The number of hydrogen-bond donors (Lipinski definition) is 0. The molecule has 0 amide bonds. The van der Waals surface area contributed by atoms with Gasteiger partial charge in [0.05, 0.1) is 29.0 Å². The lowest BCUT2D eigenvalue weighted by Gasteiger charge is -2.29. The van der Waals surface area contributed by atoms with Crippen molar-refractivity contribution in [2.24, 2.45) is 0 Å². The molecule has 0 radical (unpaired) electrons. The fourth-order valence-corrected chi connectivity index (χ4v) is 6.04. The van der Waals surface area contributed by atoms with Crippen molar-refractivity contribution in [3.8, 4) is 21.7 Å². The molecule has 5 rings (SSSR count). The number of ether oxygens (including phenoxy) is 2. The number of aromatic nitrogens is 2. The first kappa shape index (κ1) is 26.8. The molecule has 2 aromatic carbocycles. The van der Waals surface area contributed by atoms with Crippen LogP contribution < -0.4 is 4.90 Å². The highest BCUT2D eigenvalue weighted by Gasteiger charge is 2.30.